The lowest BCUT2D eigenvalue weighted by Crippen LogP contribution is -2.45. The molecule has 0 aliphatic carbocycles. The van der Waals surface area contributed by atoms with E-state index in [1.807, 2.05) is 12.3 Å². The van der Waals surface area contributed by atoms with E-state index in [0.29, 0.717) is 6.04 Å². The number of rotatable bonds is 7. The third-order valence-corrected chi connectivity index (χ3v) is 4.38. The van der Waals surface area contributed by atoms with Crippen molar-refractivity contribution in [3.8, 4) is 0 Å². The van der Waals surface area contributed by atoms with Gasteiger partial charge in [-0.3, -0.25) is 4.98 Å². The molecule has 2 atom stereocenters. The first-order chi connectivity index (χ1) is 9.79. The Balaban J connectivity index is 1.75. The number of hydrogen-bond acceptors (Lipinski definition) is 3. The van der Waals surface area contributed by atoms with E-state index in [1.54, 1.807) is 0 Å². The largest absolute Gasteiger partial charge is 0.314 e. The van der Waals surface area contributed by atoms with Gasteiger partial charge in [0.2, 0.25) is 0 Å². The smallest absolute Gasteiger partial charge is 0.0416 e. The zero-order valence-corrected chi connectivity index (χ0v) is 13.0. The fourth-order valence-electron chi connectivity index (χ4n) is 3.06. The highest BCUT2D eigenvalue weighted by atomic mass is 15.1. The predicted molar refractivity (Wildman–Crippen MR) is 84.9 cm³/mol. The maximum atomic E-state index is 4.42. The second-order valence-electron chi connectivity index (χ2n) is 6.02. The number of likely N-dealkylation sites (tertiary alicyclic amines) is 1. The Kier molecular flexibility index (Phi) is 6.48. The van der Waals surface area contributed by atoms with Crippen LogP contribution in [0.25, 0.3) is 0 Å². The van der Waals surface area contributed by atoms with Gasteiger partial charge in [0, 0.05) is 37.4 Å². The molecule has 0 radical (unpaired) electrons. The van der Waals surface area contributed by atoms with Crippen molar-refractivity contribution in [2.75, 3.05) is 26.2 Å². The van der Waals surface area contributed by atoms with Gasteiger partial charge in [0.1, 0.15) is 0 Å². The van der Waals surface area contributed by atoms with Gasteiger partial charge in [-0.15, -0.1) is 0 Å². The minimum atomic E-state index is 0.646. The highest BCUT2D eigenvalue weighted by Crippen LogP contribution is 2.20. The van der Waals surface area contributed by atoms with Crippen LogP contribution in [0, 0.1) is 5.92 Å². The van der Waals surface area contributed by atoms with Crippen LogP contribution in [0.2, 0.25) is 0 Å². The van der Waals surface area contributed by atoms with Crippen molar-refractivity contribution >= 4 is 0 Å². The Morgan fingerprint density at radius 2 is 2.35 bits per heavy atom. The predicted octanol–water partition coefficient (Wildman–Crippen LogP) is 2.72. The third-order valence-electron chi connectivity index (χ3n) is 4.38. The normalized spacial score (nSPS) is 21.8. The number of pyridine rings is 1. The molecule has 1 N–H and O–H groups in total. The monoisotopic (exact) mass is 275 g/mol. The van der Waals surface area contributed by atoms with Crippen LogP contribution in [0.5, 0.6) is 0 Å². The van der Waals surface area contributed by atoms with Crippen molar-refractivity contribution < 1.29 is 0 Å². The molecule has 2 unspecified atom stereocenters. The molecule has 1 aromatic rings. The molecule has 2 heterocycles. The van der Waals surface area contributed by atoms with E-state index in [-0.39, 0.29) is 0 Å². The van der Waals surface area contributed by atoms with E-state index in [0.717, 1.165) is 25.4 Å². The van der Waals surface area contributed by atoms with Crippen LogP contribution in [0.4, 0.5) is 0 Å². The van der Waals surface area contributed by atoms with Crippen molar-refractivity contribution in [2.45, 2.75) is 45.6 Å². The van der Waals surface area contributed by atoms with Gasteiger partial charge in [0.15, 0.2) is 0 Å². The molecule has 1 fully saturated rings. The van der Waals surface area contributed by atoms with E-state index >= 15 is 0 Å². The first-order valence-electron chi connectivity index (χ1n) is 8.15. The zero-order chi connectivity index (χ0) is 14.2. The minimum absolute atomic E-state index is 0.646. The Morgan fingerprint density at radius 1 is 1.45 bits per heavy atom. The van der Waals surface area contributed by atoms with Gasteiger partial charge in [-0.25, -0.2) is 0 Å². The summed E-state index contributed by atoms with van der Waals surface area (Å²) in [7, 11) is 0. The molecule has 1 aliphatic rings. The van der Waals surface area contributed by atoms with Crippen molar-refractivity contribution in [2.24, 2.45) is 5.92 Å². The summed E-state index contributed by atoms with van der Waals surface area (Å²) in [6.45, 7) is 9.37. The lowest BCUT2D eigenvalue weighted by Gasteiger charge is -2.36. The van der Waals surface area contributed by atoms with E-state index < -0.39 is 0 Å². The standard InChI is InChI=1S/C17H29N3/c1-3-10-18-15(2)16-7-6-12-20(14-16)13-9-17-8-4-5-11-19-17/h4-5,8,11,15-16,18H,3,6-7,9-10,12-14H2,1-2H3. The molecular weight excluding hydrogens is 246 g/mol. The molecule has 2 rings (SSSR count). The van der Waals surface area contributed by atoms with Crippen LogP contribution in [0.3, 0.4) is 0 Å². The minimum Gasteiger partial charge on any atom is -0.314 e. The van der Waals surface area contributed by atoms with Crippen LogP contribution in [-0.2, 0) is 6.42 Å². The average Bonchev–Trinajstić information content (AvgIpc) is 2.52. The van der Waals surface area contributed by atoms with Gasteiger partial charge in [0.05, 0.1) is 0 Å². The maximum absolute atomic E-state index is 4.42. The number of nitrogens with zero attached hydrogens (tertiary/aromatic N) is 2. The molecule has 3 heteroatoms. The van der Waals surface area contributed by atoms with Crippen LogP contribution >= 0.6 is 0 Å². The summed E-state index contributed by atoms with van der Waals surface area (Å²) in [5.74, 6) is 0.805. The van der Waals surface area contributed by atoms with Crippen molar-refractivity contribution in [3.63, 3.8) is 0 Å². The summed E-state index contributed by atoms with van der Waals surface area (Å²) >= 11 is 0. The SMILES string of the molecule is CCCNC(C)C1CCCN(CCc2ccccn2)C1. The van der Waals surface area contributed by atoms with Crippen LogP contribution in [-0.4, -0.2) is 42.1 Å². The summed E-state index contributed by atoms with van der Waals surface area (Å²) in [5.41, 5.74) is 1.21. The van der Waals surface area contributed by atoms with Gasteiger partial charge >= 0.3 is 0 Å². The van der Waals surface area contributed by atoms with Crippen molar-refractivity contribution in [1.29, 1.82) is 0 Å². The van der Waals surface area contributed by atoms with E-state index in [4.69, 9.17) is 0 Å². The second kappa shape index (κ2) is 8.38. The second-order valence-corrected chi connectivity index (χ2v) is 6.02. The summed E-state index contributed by atoms with van der Waals surface area (Å²) < 4.78 is 0. The molecule has 1 aromatic heterocycles. The summed E-state index contributed by atoms with van der Waals surface area (Å²) in [5, 5.41) is 3.66. The number of hydrogen-bond donors (Lipinski definition) is 1. The maximum Gasteiger partial charge on any atom is 0.0416 e. The van der Waals surface area contributed by atoms with Gasteiger partial charge in [-0.05, 0) is 57.3 Å². The van der Waals surface area contributed by atoms with E-state index in [1.165, 1.54) is 38.0 Å². The molecule has 112 valence electrons. The molecule has 1 saturated heterocycles. The lowest BCUT2D eigenvalue weighted by atomic mass is 9.91. The number of piperidine rings is 1. The summed E-state index contributed by atoms with van der Waals surface area (Å²) in [6.07, 6.45) is 6.90. The molecule has 0 saturated carbocycles. The molecule has 0 bridgehead atoms. The molecular formula is C17H29N3. The van der Waals surface area contributed by atoms with Crippen molar-refractivity contribution in [1.82, 2.24) is 15.2 Å². The first kappa shape index (κ1) is 15.5. The molecule has 20 heavy (non-hydrogen) atoms. The Morgan fingerprint density at radius 3 is 3.10 bits per heavy atom. The highest BCUT2D eigenvalue weighted by molar-refractivity contribution is 5.03. The first-order valence-corrected chi connectivity index (χ1v) is 8.15. The van der Waals surface area contributed by atoms with Gasteiger partial charge < -0.3 is 10.2 Å². The zero-order valence-electron chi connectivity index (χ0n) is 13.0. The molecule has 1 aliphatic heterocycles. The summed E-state index contributed by atoms with van der Waals surface area (Å²) in [6, 6.07) is 6.85. The number of nitrogens with one attached hydrogen (secondary N) is 1. The molecule has 0 amide bonds. The van der Waals surface area contributed by atoms with Gasteiger partial charge in [-0.1, -0.05) is 13.0 Å². The lowest BCUT2D eigenvalue weighted by molar-refractivity contribution is 0.152. The number of aromatic nitrogens is 1. The molecule has 0 aromatic carbocycles. The topological polar surface area (TPSA) is 28.2 Å². The summed E-state index contributed by atoms with van der Waals surface area (Å²) in [4.78, 5) is 7.04. The molecule has 3 nitrogen and oxygen atoms in total. The van der Waals surface area contributed by atoms with Crippen LogP contribution < -0.4 is 5.32 Å². The van der Waals surface area contributed by atoms with Gasteiger partial charge in [0.25, 0.3) is 0 Å². The molecule has 0 spiro atoms. The highest BCUT2D eigenvalue weighted by Gasteiger charge is 2.23. The Labute approximate surface area is 123 Å². The third kappa shape index (κ3) is 4.88. The van der Waals surface area contributed by atoms with E-state index in [2.05, 4.69) is 41.2 Å². The fraction of sp³-hybridized carbons (Fsp3) is 0.706. The van der Waals surface area contributed by atoms with Crippen molar-refractivity contribution in [3.05, 3.63) is 30.1 Å². The Hall–Kier alpha value is -0.930. The average molecular weight is 275 g/mol. The van der Waals surface area contributed by atoms with Crippen LogP contribution in [0.1, 0.15) is 38.8 Å². The van der Waals surface area contributed by atoms with E-state index in [9.17, 15) is 0 Å². The quantitative estimate of drug-likeness (QED) is 0.829. The van der Waals surface area contributed by atoms with Gasteiger partial charge in [-0.2, -0.15) is 0 Å². The van der Waals surface area contributed by atoms with Crippen LogP contribution in [0.15, 0.2) is 24.4 Å². The fourth-order valence-corrected chi connectivity index (χ4v) is 3.06. The Bertz CT molecular complexity index is 366.